The Labute approximate surface area is 117 Å². The lowest BCUT2D eigenvalue weighted by Gasteiger charge is -2.04. The Morgan fingerprint density at radius 3 is 2.29 bits per heavy atom. The van der Waals surface area contributed by atoms with Gasteiger partial charge in [-0.15, -0.1) is 0 Å². The van der Waals surface area contributed by atoms with Crippen molar-refractivity contribution in [3.8, 4) is 0 Å². The van der Waals surface area contributed by atoms with Crippen molar-refractivity contribution < 1.29 is 22.8 Å². The summed E-state index contributed by atoms with van der Waals surface area (Å²) in [6.07, 6.45) is -4.76. The monoisotopic (exact) mass is 297 g/mol. The number of amides is 1. The van der Waals surface area contributed by atoms with E-state index in [9.17, 15) is 22.8 Å². The number of ketones is 1. The van der Waals surface area contributed by atoms with Crippen LogP contribution in [0.2, 0.25) is 0 Å². The van der Waals surface area contributed by atoms with Crippen molar-refractivity contribution in [2.24, 2.45) is 0 Å². The van der Waals surface area contributed by atoms with Crippen LogP contribution < -0.4 is 5.32 Å². The summed E-state index contributed by atoms with van der Waals surface area (Å²) in [6, 6.07) is 7.90. The van der Waals surface area contributed by atoms with Gasteiger partial charge in [0, 0.05) is 12.5 Å². The zero-order valence-electron chi connectivity index (χ0n) is 10.8. The third-order valence-corrected chi connectivity index (χ3v) is 2.59. The van der Waals surface area contributed by atoms with Gasteiger partial charge < -0.3 is 4.98 Å². The maximum absolute atomic E-state index is 12.7. The van der Waals surface area contributed by atoms with Crippen LogP contribution in [-0.4, -0.2) is 21.7 Å². The number of imidazole rings is 1. The average molecular weight is 297 g/mol. The lowest BCUT2D eigenvalue weighted by Crippen LogP contribution is -2.13. The Balaban J connectivity index is 2.30. The summed E-state index contributed by atoms with van der Waals surface area (Å²) < 4.78 is 38.2. The first-order valence-electron chi connectivity index (χ1n) is 5.83. The molecule has 1 amide bonds. The quantitative estimate of drug-likeness (QED) is 0.855. The van der Waals surface area contributed by atoms with Crippen LogP contribution in [0.3, 0.4) is 0 Å². The number of aromatic amines is 1. The molecule has 0 aliphatic rings. The highest BCUT2D eigenvalue weighted by molar-refractivity contribution is 6.03. The van der Waals surface area contributed by atoms with E-state index in [1.54, 1.807) is 18.2 Å². The van der Waals surface area contributed by atoms with Crippen molar-refractivity contribution in [3.05, 3.63) is 47.3 Å². The predicted octanol–water partition coefficient (Wildman–Crippen LogP) is 2.88. The normalized spacial score (nSPS) is 11.2. The topological polar surface area (TPSA) is 74.8 Å². The molecule has 0 bridgehead atoms. The predicted molar refractivity (Wildman–Crippen MR) is 68.0 cm³/mol. The van der Waals surface area contributed by atoms with E-state index >= 15 is 0 Å². The molecular weight excluding hydrogens is 287 g/mol. The van der Waals surface area contributed by atoms with Crippen molar-refractivity contribution in [2.75, 3.05) is 5.32 Å². The first kappa shape index (κ1) is 14.8. The summed E-state index contributed by atoms with van der Waals surface area (Å²) in [6.45, 7) is 0.966. The molecule has 0 radical (unpaired) electrons. The summed E-state index contributed by atoms with van der Waals surface area (Å²) in [4.78, 5) is 28.4. The fourth-order valence-electron chi connectivity index (χ4n) is 1.66. The van der Waals surface area contributed by atoms with E-state index in [-0.39, 0.29) is 5.56 Å². The zero-order chi connectivity index (χ0) is 15.6. The Morgan fingerprint density at radius 1 is 1.19 bits per heavy atom. The van der Waals surface area contributed by atoms with Crippen LogP contribution >= 0.6 is 0 Å². The van der Waals surface area contributed by atoms with Crippen molar-refractivity contribution in [3.63, 3.8) is 0 Å². The summed E-state index contributed by atoms with van der Waals surface area (Å²) in [5, 5.41) is 2.19. The number of aromatic nitrogens is 2. The molecule has 2 aromatic rings. The molecule has 0 saturated carbocycles. The Morgan fingerprint density at radius 2 is 1.81 bits per heavy atom. The van der Waals surface area contributed by atoms with Crippen LogP contribution in [0.5, 0.6) is 0 Å². The van der Waals surface area contributed by atoms with Gasteiger partial charge in [-0.1, -0.05) is 18.2 Å². The van der Waals surface area contributed by atoms with Crippen LogP contribution in [-0.2, 0) is 6.18 Å². The lowest BCUT2D eigenvalue weighted by molar-refractivity contribution is -0.141. The molecule has 0 aliphatic heterocycles. The van der Waals surface area contributed by atoms with Crippen LogP contribution in [0.15, 0.2) is 30.3 Å². The van der Waals surface area contributed by atoms with E-state index in [0.29, 0.717) is 0 Å². The minimum atomic E-state index is -4.76. The lowest BCUT2D eigenvalue weighted by atomic mass is 10.2. The van der Waals surface area contributed by atoms with Crippen molar-refractivity contribution in [1.29, 1.82) is 0 Å². The molecule has 8 heteroatoms. The van der Waals surface area contributed by atoms with Crippen molar-refractivity contribution in [1.82, 2.24) is 9.97 Å². The number of benzene rings is 1. The van der Waals surface area contributed by atoms with Gasteiger partial charge in [0.25, 0.3) is 5.91 Å². The zero-order valence-corrected chi connectivity index (χ0v) is 10.8. The fourth-order valence-corrected chi connectivity index (χ4v) is 1.66. The van der Waals surface area contributed by atoms with E-state index in [0.717, 1.165) is 6.92 Å². The third kappa shape index (κ3) is 3.28. The molecule has 0 unspecified atom stereocenters. The first-order valence-corrected chi connectivity index (χ1v) is 5.83. The molecule has 1 heterocycles. The van der Waals surface area contributed by atoms with Gasteiger partial charge in [-0.25, -0.2) is 4.98 Å². The van der Waals surface area contributed by atoms with Gasteiger partial charge in [-0.3, -0.25) is 14.9 Å². The molecule has 110 valence electrons. The molecule has 1 aromatic carbocycles. The van der Waals surface area contributed by atoms with Crippen molar-refractivity contribution >= 4 is 17.6 Å². The van der Waals surface area contributed by atoms with E-state index in [4.69, 9.17) is 0 Å². The third-order valence-electron chi connectivity index (χ3n) is 2.59. The number of rotatable bonds is 3. The summed E-state index contributed by atoms with van der Waals surface area (Å²) in [5.41, 5.74) is -1.78. The number of carbonyl (C=O) groups excluding carboxylic acids is 2. The number of anilines is 1. The van der Waals surface area contributed by atoms with E-state index in [1.165, 1.54) is 12.1 Å². The van der Waals surface area contributed by atoms with E-state index in [2.05, 4.69) is 10.3 Å². The Kier molecular flexibility index (Phi) is 3.79. The molecule has 21 heavy (non-hydrogen) atoms. The van der Waals surface area contributed by atoms with Crippen LogP contribution in [0.1, 0.15) is 33.5 Å². The molecule has 5 nitrogen and oxygen atoms in total. The van der Waals surface area contributed by atoms with Gasteiger partial charge in [-0.2, -0.15) is 13.2 Å². The number of hydrogen-bond donors (Lipinski definition) is 2. The Hall–Kier alpha value is -2.64. The second-order valence-corrected chi connectivity index (χ2v) is 4.18. The molecule has 0 fully saturated rings. The number of H-pyrrole nitrogens is 1. The Bertz CT molecular complexity index is 678. The molecule has 0 spiro atoms. The number of hydrogen-bond acceptors (Lipinski definition) is 3. The molecular formula is C13H10F3N3O2. The molecule has 1 aromatic heterocycles. The molecule has 0 aliphatic carbocycles. The SMILES string of the molecule is CC(=O)c1nc(NC(=O)c2ccccc2)[nH]c1C(F)(F)F. The standard InChI is InChI=1S/C13H10F3N3O2/c1-7(20)9-10(13(14,15)16)18-12(17-9)19-11(21)8-5-3-2-4-6-8/h2-6H,1H3,(H2,17,18,19,21). The fraction of sp³-hybridized carbons (Fsp3) is 0.154. The highest BCUT2D eigenvalue weighted by Crippen LogP contribution is 2.31. The number of Topliss-reactive ketones (excluding diaryl/α,β-unsaturated/α-hetero) is 1. The summed E-state index contributed by atoms with van der Waals surface area (Å²) in [7, 11) is 0. The number of carbonyl (C=O) groups is 2. The first-order chi connectivity index (χ1) is 9.79. The van der Waals surface area contributed by atoms with Crippen LogP contribution in [0.25, 0.3) is 0 Å². The number of nitrogens with one attached hydrogen (secondary N) is 2. The summed E-state index contributed by atoms with van der Waals surface area (Å²) in [5.74, 6) is -1.91. The maximum Gasteiger partial charge on any atom is 0.433 e. The highest BCUT2D eigenvalue weighted by atomic mass is 19.4. The van der Waals surface area contributed by atoms with Gasteiger partial charge >= 0.3 is 6.18 Å². The van der Waals surface area contributed by atoms with Crippen LogP contribution in [0.4, 0.5) is 19.1 Å². The minimum absolute atomic E-state index is 0.256. The second-order valence-electron chi connectivity index (χ2n) is 4.18. The summed E-state index contributed by atoms with van der Waals surface area (Å²) >= 11 is 0. The van der Waals surface area contributed by atoms with Gasteiger partial charge in [0.05, 0.1) is 0 Å². The number of halogens is 3. The molecule has 0 saturated heterocycles. The van der Waals surface area contributed by atoms with Crippen molar-refractivity contribution in [2.45, 2.75) is 13.1 Å². The van der Waals surface area contributed by atoms with E-state index < -0.39 is 35.2 Å². The van der Waals surface area contributed by atoms with E-state index in [1.807, 2.05) is 4.98 Å². The van der Waals surface area contributed by atoms with Gasteiger partial charge in [0.2, 0.25) is 5.95 Å². The highest BCUT2D eigenvalue weighted by Gasteiger charge is 2.38. The number of nitrogens with zero attached hydrogens (tertiary/aromatic N) is 1. The molecule has 0 atom stereocenters. The average Bonchev–Trinajstić information content (AvgIpc) is 2.84. The second kappa shape index (κ2) is 5.39. The van der Waals surface area contributed by atoms with Gasteiger partial charge in [-0.05, 0) is 12.1 Å². The maximum atomic E-state index is 12.7. The van der Waals surface area contributed by atoms with Gasteiger partial charge in [0.1, 0.15) is 5.69 Å². The smallest absolute Gasteiger partial charge is 0.320 e. The number of alkyl halides is 3. The largest absolute Gasteiger partial charge is 0.433 e. The molecule has 2 N–H and O–H groups in total. The van der Waals surface area contributed by atoms with Crippen LogP contribution in [0, 0.1) is 0 Å². The van der Waals surface area contributed by atoms with Gasteiger partial charge in [0.15, 0.2) is 11.5 Å². The minimum Gasteiger partial charge on any atom is -0.320 e. The molecule has 2 rings (SSSR count).